The van der Waals surface area contributed by atoms with Crippen LogP contribution in [0.4, 0.5) is 0 Å². The summed E-state index contributed by atoms with van der Waals surface area (Å²) in [4.78, 5) is 16.8. The number of rotatable bonds is 6. The Morgan fingerprint density at radius 3 is 2.47 bits per heavy atom. The number of cyclic esters (lactones) is 1. The number of hydrogen-bond acceptors (Lipinski definition) is 4. The molecule has 0 atom stereocenters. The first kappa shape index (κ1) is 20.4. The van der Waals surface area contributed by atoms with Gasteiger partial charge in [-0.25, -0.2) is 9.79 Å². The van der Waals surface area contributed by atoms with E-state index in [1.807, 2.05) is 43.3 Å². The number of esters is 1. The van der Waals surface area contributed by atoms with E-state index in [0.717, 1.165) is 22.8 Å². The van der Waals surface area contributed by atoms with Gasteiger partial charge < -0.3 is 9.47 Å². The van der Waals surface area contributed by atoms with Gasteiger partial charge in [-0.15, -0.1) is 0 Å². The minimum absolute atomic E-state index is 0.291. The Morgan fingerprint density at radius 2 is 1.77 bits per heavy atom. The Morgan fingerprint density at radius 1 is 1.03 bits per heavy atom. The number of benzene rings is 2. The Kier molecular flexibility index (Phi) is 6.32. The van der Waals surface area contributed by atoms with Crippen LogP contribution in [0.3, 0.4) is 0 Å². The molecule has 0 unspecified atom stereocenters. The van der Waals surface area contributed by atoms with Crippen molar-refractivity contribution >= 4 is 17.9 Å². The lowest BCUT2D eigenvalue weighted by Gasteiger charge is -2.28. The first-order valence-electron chi connectivity index (χ1n) is 11.0. The van der Waals surface area contributed by atoms with E-state index in [-0.39, 0.29) is 0 Å². The Labute approximate surface area is 178 Å². The number of carbonyl (C=O) groups excluding carboxylic acids is 1. The summed E-state index contributed by atoms with van der Waals surface area (Å²) in [5, 5.41) is 0. The molecule has 1 aliphatic heterocycles. The van der Waals surface area contributed by atoms with Crippen molar-refractivity contribution in [2.24, 2.45) is 10.9 Å². The zero-order valence-corrected chi connectivity index (χ0v) is 17.8. The maximum atomic E-state index is 12.4. The van der Waals surface area contributed by atoms with E-state index >= 15 is 0 Å². The van der Waals surface area contributed by atoms with E-state index in [1.165, 1.54) is 37.7 Å². The average Bonchev–Trinajstić information content (AvgIpc) is 3.16. The molecule has 0 bridgehead atoms. The van der Waals surface area contributed by atoms with Crippen LogP contribution in [0, 0.1) is 5.92 Å². The number of hydrogen-bond donors (Lipinski definition) is 0. The molecule has 0 N–H and O–H groups in total. The average molecular weight is 404 g/mol. The van der Waals surface area contributed by atoms with E-state index in [2.05, 4.69) is 24.0 Å². The highest BCUT2D eigenvalue weighted by atomic mass is 16.6. The molecule has 4 nitrogen and oxygen atoms in total. The fraction of sp³-hybridized carbons (Fsp3) is 0.385. The van der Waals surface area contributed by atoms with E-state index in [1.54, 1.807) is 6.08 Å². The van der Waals surface area contributed by atoms with Crippen molar-refractivity contribution in [1.82, 2.24) is 0 Å². The first-order valence-corrected chi connectivity index (χ1v) is 11.0. The second-order valence-corrected chi connectivity index (χ2v) is 8.05. The highest BCUT2D eigenvalue weighted by molar-refractivity contribution is 6.12. The SMILES string of the molecule is CCOc1ccccc1C=C1N=C(c2ccc(C3CCC(CC)CC3)cc2)OC1=O. The molecule has 4 rings (SSSR count). The van der Waals surface area contributed by atoms with Crippen LogP contribution in [-0.4, -0.2) is 18.5 Å². The summed E-state index contributed by atoms with van der Waals surface area (Å²) >= 11 is 0. The van der Waals surface area contributed by atoms with Crippen LogP contribution in [-0.2, 0) is 9.53 Å². The zero-order valence-electron chi connectivity index (χ0n) is 17.8. The smallest absolute Gasteiger partial charge is 0.363 e. The predicted octanol–water partition coefficient (Wildman–Crippen LogP) is 6.11. The summed E-state index contributed by atoms with van der Waals surface area (Å²) in [6.45, 7) is 4.79. The molecule has 0 radical (unpaired) electrons. The lowest BCUT2D eigenvalue weighted by molar-refractivity contribution is -0.129. The molecule has 2 aromatic rings. The van der Waals surface area contributed by atoms with Crippen LogP contribution in [0.25, 0.3) is 6.08 Å². The second-order valence-electron chi connectivity index (χ2n) is 8.05. The molecule has 1 heterocycles. The van der Waals surface area contributed by atoms with Crippen LogP contribution >= 0.6 is 0 Å². The Bertz CT molecular complexity index is 950. The first-order chi connectivity index (χ1) is 14.7. The summed E-state index contributed by atoms with van der Waals surface area (Å²) < 4.78 is 11.1. The molecule has 0 amide bonds. The third kappa shape index (κ3) is 4.48. The number of ether oxygens (including phenoxy) is 2. The molecule has 156 valence electrons. The molecular formula is C26H29NO3. The lowest BCUT2D eigenvalue weighted by Crippen LogP contribution is -2.13. The van der Waals surface area contributed by atoms with Crippen molar-refractivity contribution in [3.8, 4) is 5.75 Å². The van der Waals surface area contributed by atoms with E-state index in [4.69, 9.17) is 9.47 Å². The molecule has 2 aliphatic rings. The molecule has 2 aromatic carbocycles. The van der Waals surface area contributed by atoms with Crippen molar-refractivity contribution in [2.45, 2.75) is 51.9 Å². The van der Waals surface area contributed by atoms with Crippen LogP contribution in [0.5, 0.6) is 5.75 Å². The lowest BCUT2D eigenvalue weighted by atomic mass is 9.78. The van der Waals surface area contributed by atoms with Gasteiger partial charge in [0.25, 0.3) is 0 Å². The fourth-order valence-corrected chi connectivity index (χ4v) is 4.37. The predicted molar refractivity (Wildman–Crippen MR) is 120 cm³/mol. The number of carbonyl (C=O) groups is 1. The highest BCUT2D eigenvalue weighted by Crippen LogP contribution is 2.37. The Hall–Kier alpha value is -2.88. The summed E-state index contributed by atoms with van der Waals surface area (Å²) in [5.74, 6) is 2.19. The fourth-order valence-electron chi connectivity index (χ4n) is 4.37. The third-order valence-electron chi connectivity index (χ3n) is 6.18. The minimum Gasteiger partial charge on any atom is -0.493 e. The quantitative estimate of drug-likeness (QED) is 0.432. The highest BCUT2D eigenvalue weighted by Gasteiger charge is 2.25. The van der Waals surface area contributed by atoms with Crippen molar-refractivity contribution in [3.63, 3.8) is 0 Å². The van der Waals surface area contributed by atoms with Crippen molar-refractivity contribution in [2.75, 3.05) is 6.61 Å². The van der Waals surface area contributed by atoms with Crippen molar-refractivity contribution in [3.05, 3.63) is 70.9 Å². The van der Waals surface area contributed by atoms with Gasteiger partial charge in [0.15, 0.2) is 5.70 Å². The normalized spacial score (nSPS) is 22.7. The Balaban J connectivity index is 1.50. The van der Waals surface area contributed by atoms with E-state index in [0.29, 0.717) is 24.1 Å². The zero-order chi connectivity index (χ0) is 20.9. The van der Waals surface area contributed by atoms with Crippen LogP contribution in [0.15, 0.2) is 59.2 Å². The summed E-state index contributed by atoms with van der Waals surface area (Å²) in [6.07, 6.45) is 8.19. The van der Waals surface area contributed by atoms with Crippen LogP contribution in [0.1, 0.15) is 68.6 Å². The monoisotopic (exact) mass is 403 g/mol. The molecule has 1 aliphatic carbocycles. The molecule has 1 saturated carbocycles. The second kappa shape index (κ2) is 9.29. The summed E-state index contributed by atoms with van der Waals surface area (Å²) in [7, 11) is 0. The standard InChI is InChI=1S/C26H29NO3/c1-3-18-9-11-19(12-10-18)20-13-15-21(16-14-20)25-27-23(26(28)30-25)17-22-7-5-6-8-24(22)29-4-2/h5-8,13-19H,3-4,9-12H2,1-2H3. The van der Waals surface area contributed by atoms with Gasteiger partial charge in [0, 0.05) is 11.1 Å². The van der Waals surface area contributed by atoms with E-state index in [9.17, 15) is 4.79 Å². The van der Waals surface area contributed by atoms with Gasteiger partial charge in [-0.3, -0.25) is 0 Å². The van der Waals surface area contributed by atoms with Gasteiger partial charge in [-0.1, -0.05) is 43.7 Å². The van der Waals surface area contributed by atoms with Crippen LogP contribution in [0.2, 0.25) is 0 Å². The number of nitrogens with zero attached hydrogens (tertiary/aromatic N) is 1. The minimum atomic E-state index is -0.432. The van der Waals surface area contributed by atoms with Crippen molar-refractivity contribution < 1.29 is 14.3 Å². The number of para-hydroxylation sites is 1. The van der Waals surface area contributed by atoms with Crippen molar-refractivity contribution in [1.29, 1.82) is 0 Å². The van der Waals surface area contributed by atoms with Gasteiger partial charge in [0.1, 0.15) is 5.75 Å². The third-order valence-corrected chi connectivity index (χ3v) is 6.18. The van der Waals surface area contributed by atoms with Gasteiger partial charge in [0.05, 0.1) is 6.61 Å². The topological polar surface area (TPSA) is 47.9 Å². The number of aliphatic imine (C=N–C) groups is 1. The molecule has 0 aromatic heterocycles. The van der Waals surface area contributed by atoms with Gasteiger partial charge in [0.2, 0.25) is 5.90 Å². The van der Waals surface area contributed by atoms with Gasteiger partial charge in [-0.2, -0.15) is 0 Å². The molecule has 30 heavy (non-hydrogen) atoms. The molecule has 0 saturated heterocycles. The molecule has 1 fully saturated rings. The van der Waals surface area contributed by atoms with Gasteiger partial charge >= 0.3 is 5.97 Å². The van der Waals surface area contributed by atoms with E-state index < -0.39 is 5.97 Å². The maximum Gasteiger partial charge on any atom is 0.363 e. The summed E-state index contributed by atoms with van der Waals surface area (Å²) in [5.41, 5.74) is 3.31. The maximum absolute atomic E-state index is 12.4. The molecular weight excluding hydrogens is 374 g/mol. The molecule has 4 heteroatoms. The molecule has 0 spiro atoms. The van der Waals surface area contributed by atoms with Crippen LogP contribution < -0.4 is 4.74 Å². The van der Waals surface area contributed by atoms with Gasteiger partial charge in [-0.05, 0) is 74.3 Å². The largest absolute Gasteiger partial charge is 0.493 e. The summed E-state index contributed by atoms with van der Waals surface area (Å²) in [6, 6.07) is 16.0.